The van der Waals surface area contributed by atoms with E-state index in [1.807, 2.05) is 54.8 Å². The van der Waals surface area contributed by atoms with Crippen molar-refractivity contribution in [2.45, 2.75) is 24.0 Å². The second-order valence-electron chi connectivity index (χ2n) is 10.3. The molecule has 3 atom stereocenters. The second-order valence-corrected chi connectivity index (χ2v) is 11.3. The first-order valence-corrected chi connectivity index (χ1v) is 14.2. The van der Waals surface area contributed by atoms with Crippen molar-refractivity contribution < 1.29 is 24.1 Å². The minimum absolute atomic E-state index is 0.179. The smallest absolute Gasteiger partial charge is 0.255 e. The van der Waals surface area contributed by atoms with Crippen LogP contribution < -0.4 is 24.5 Å². The Balaban J connectivity index is 1.63. The zero-order valence-corrected chi connectivity index (χ0v) is 24.1. The zero-order valence-electron chi connectivity index (χ0n) is 23.3. The highest BCUT2D eigenvalue weighted by Crippen LogP contribution is 2.69. The molecular weight excluding hydrogens is 554 g/mol. The lowest BCUT2D eigenvalue weighted by Crippen LogP contribution is -2.49. The Kier molecular flexibility index (Phi) is 5.89. The summed E-state index contributed by atoms with van der Waals surface area (Å²) < 4.78 is 23.8. The van der Waals surface area contributed by atoms with E-state index in [-0.39, 0.29) is 17.1 Å². The number of aromatic amines is 1. The number of thiazole rings is 1. The molecule has 9 nitrogen and oxygen atoms in total. The molecule has 3 heterocycles. The van der Waals surface area contributed by atoms with Crippen molar-refractivity contribution in [1.29, 1.82) is 0 Å². The number of H-pyrrole nitrogens is 1. The summed E-state index contributed by atoms with van der Waals surface area (Å²) in [5, 5.41) is 16.0. The summed E-state index contributed by atoms with van der Waals surface area (Å²) in [7, 11) is 4.66. The molecule has 0 saturated heterocycles. The lowest BCUT2D eigenvalue weighted by Gasteiger charge is -2.40. The van der Waals surface area contributed by atoms with Crippen LogP contribution in [-0.2, 0) is 11.2 Å². The van der Waals surface area contributed by atoms with Gasteiger partial charge in [-0.25, -0.2) is 9.97 Å². The van der Waals surface area contributed by atoms with E-state index >= 15 is 0 Å². The summed E-state index contributed by atoms with van der Waals surface area (Å²) >= 11 is 1.45. The van der Waals surface area contributed by atoms with Gasteiger partial charge in [0.2, 0.25) is 0 Å². The third kappa shape index (κ3) is 3.42. The third-order valence-electron chi connectivity index (χ3n) is 8.17. The van der Waals surface area contributed by atoms with E-state index in [9.17, 15) is 9.90 Å². The fourth-order valence-electron chi connectivity index (χ4n) is 6.42. The fourth-order valence-corrected chi connectivity index (χ4v) is 7.02. The van der Waals surface area contributed by atoms with E-state index in [0.717, 1.165) is 10.6 Å². The Morgan fingerprint density at radius 1 is 0.952 bits per heavy atom. The van der Waals surface area contributed by atoms with Gasteiger partial charge in [-0.15, -0.1) is 11.3 Å². The molecule has 5 aromatic rings. The lowest BCUT2D eigenvalue weighted by atomic mass is 9.70. The molecule has 0 fully saturated rings. The largest absolute Gasteiger partial charge is 0.497 e. The highest BCUT2D eigenvalue weighted by atomic mass is 32.1. The molecule has 10 heteroatoms. The highest BCUT2D eigenvalue weighted by Gasteiger charge is 2.73. The molecule has 0 bridgehead atoms. The van der Waals surface area contributed by atoms with Gasteiger partial charge in [0.15, 0.2) is 17.0 Å². The molecular formula is C32H27N3O6S. The molecule has 0 unspecified atom stereocenters. The van der Waals surface area contributed by atoms with E-state index in [0.29, 0.717) is 45.4 Å². The van der Waals surface area contributed by atoms with E-state index < -0.39 is 17.1 Å². The first-order chi connectivity index (χ1) is 20.3. The van der Waals surface area contributed by atoms with Gasteiger partial charge in [0.05, 0.1) is 49.1 Å². The van der Waals surface area contributed by atoms with Gasteiger partial charge in [-0.05, 0) is 24.6 Å². The van der Waals surface area contributed by atoms with E-state index in [1.54, 1.807) is 38.5 Å². The number of methoxy groups -OCH3 is 3. The van der Waals surface area contributed by atoms with E-state index in [2.05, 4.69) is 9.97 Å². The summed E-state index contributed by atoms with van der Waals surface area (Å²) in [5.74, 6) is 1.33. The minimum atomic E-state index is -1.96. The molecule has 42 heavy (non-hydrogen) atoms. The Morgan fingerprint density at radius 2 is 1.69 bits per heavy atom. The third-order valence-corrected chi connectivity index (χ3v) is 8.95. The average Bonchev–Trinajstić information content (AvgIpc) is 3.64. The Bertz CT molecular complexity index is 1890. The number of aromatic nitrogens is 3. The van der Waals surface area contributed by atoms with Gasteiger partial charge in [0, 0.05) is 23.1 Å². The van der Waals surface area contributed by atoms with Crippen LogP contribution in [0, 0.1) is 6.92 Å². The first kappa shape index (κ1) is 26.2. The van der Waals surface area contributed by atoms with Crippen LogP contribution in [0.4, 0.5) is 0 Å². The summed E-state index contributed by atoms with van der Waals surface area (Å²) in [5.41, 5.74) is -1.14. The maximum Gasteiger partial charge on any atom is 0.255 e. The van der Waals surface area contributed by atoms with Crippen LogP contribution in [0.2, 0.25) is 0 Å². The van der Waals surface area contributed by atoms with E-state index in [4.69, 9.17) is 23.9 Å². The monoisotopic (exact) mass is 581 g/mol. The van der Waals surface area contributed by atoms with E-state index in [1.165, 1.54) is 18.4 Å². The number of hydrogen-bond donors (Lipinski definition) is 2. The molecule has 0 spiro atoms. The standard InChI is InChI=1S/C32H27N3O6S/c1-17-33-22(16-42-17)29-34-28-25(30(36)35-29)26(18-8-6-5-7-9-18)32(19-10-12-20(38-2)13-11-19)31(28,37)27-23(40-4)14-21(39-3)15-24(27)41-32/h5-16,26,37H,1-4H3,(H,34,35,36)/t26-,31+,32+/m1/s1. The van der Waals surface area contributed by atoms with Gasteiger partial charge < -0.3 is 29.0 Å². The van der Waals surface area contributed by atoms with Crippen LogP contribution in [0.25, 0.3) is 11.5 Å². The van der Waals surface area contributed by atoms with Crippen molar-refractivity contribution in [2.24, 2.45) is 0 Å². The van der Waals surface area contributed by atoms with Crippen molar-refractivity contribution in [1.82, 2.24) is 15.0 Å². The number of aryl methyl sites for hydroxylation is 1. The van der Waals surface area contributed by atoms with Gasteiger partial charge in [-0.2, -0.15) is 0 Å². The molecule has 3 aromatic carbocycles. The molecule has 0 radical (unpaired) electrons. The number of rotatable bonds is 6. The fraction of sp³-hybridized carbons (Fsp3) is 0.219. The Hall–Kier alpha value is -4.67. The molecule has 1 aliphatic heterocycles. The van der Waals surface area contributed by atoms with Crippen molar-refractivity contribution in [3.05, 3.63) is 115 Å². The number of benzene rings is 3. The number of aliphatic hydroxyl groups is 1. The molecule has 0 saturated carbocycles. The Labute approximate surface area is 245 Å². The maximum absolute atomic E-state index is 14.2. The molecule has 2 N–H and O–H groups in total. The zero-order chi connectivity index (χ0) is 29.2. The van der Waals surface area contributed by atoms with Crippen LogP contribution in [0.1, 0.15) is 38.9 Å². The molecule has 2 aromatic heterocycles. The molecule has 0 amide bonds. The van der Waals surface area contributed by atoms with Gasteiger partial charge in [0.1, 0.15) is 28.7 Å². The second kappa shape index (κ2) is 9.43. The number of hydrogen-bond acceptors (Lipinski definition) is 9. The highest BCUT2D eigenvalue weighted by molar-refractivity contribution is 7.09. The SMILES string of the molecule is COc1ccc([C@@]23Oc4cc(OC)cc(OC)c4[C@]2(O)c2nc(-c4csc(C)n4)[nH]c(=O)c2[C@H]3c2ccccc2)cc1. The topological polar surface area (TPSA) is 116 Å². The van der Waals surface area contributed by atoms with Crippen LogP contribution in [-0.4, -0.2) is 41.4 Å². The summed E-state index contributed by atoms with van der Waals surface area (Å²) in [6.45, 7) is 1.88. The summed E-state index contributed by atoms with van der Waals surface area (Å²) in [6.07, 6.45) is 0. The van der Waals surface area contributed by atoms with Crippen molar-refractivity contribution in [3.8, 4) is 34.5 Å². The van der Waals surface area contributed by atoms with Crippen LogP contribution >= 0.6 is 11.3 Å². The minimum Gasteiger partial charge on any atom is -0.497 e. The predicted octanol–water partition coefficient (Wildman–Crippen LogP) is 4.90. The van der Waals surface area contributed by atoms with Gasteiger partial charge in [-0.1, -0.05) is 42.5 Å². The first-order valence-electron chi connectivity index (χ1n) is 13.3. The van der Waals surface area contributed by atoms with Crippen LogP contribution in [0.3, 0.4) is 0 Å². The average molecular weight is 582 g/mol. The Morgan fingerprint density at radius 3 is 2.33 bits per heavy atom. The predicted molar refractivity (Wildman–Crippen MR) is 157 cm³/mol. The lowest BCUT2D eigenvalue weighted by molar-refractivity contribution is -0.0909. The van der Waals surface area contributed by atoms with Crippen LogP contribution in [0.15, 0.2) is 76.9 Å². The quantitative estimate of drug-likeness (QED) is 0.291. The maximum atomic E-state index is 14.2. The molecule has 2 aliphatic rings. The molecule has 212 valence electrons. The number of fused-ring (bicyclic) bond motifs is 5. The summed E-state index contributed by atoms with van der Waals surface area (Å²) in [4.78, 5) is 26.6. The molecule has 7 rings (SSSR count). The number of nitrogens with one attached hydrogen (secondary N) is 1. The van der Waals surface area contributed by atoms with Crippen molar-refractivity contribution >= 4 is 11.3 Å². The van der Waals surface area contributed by atoms with Gasteiger partial charge in [-0.3, -0.25) is 4.79 Å². The normalized spacial score (nSPS) is 21.7. The van der Waals surface area contributed by atoms with Gasteiger partial charge in [0.25, 0.3) is 5.56 Å². The number of ether oxygens (including phenoxy) is 4. The van der Waals surface area contributed by atoms with Crippen molar-refractivity contribution in [3.63, 3.8) is 0 Å². The van der Waals surface area contributed by atoms with Gasteiger partial charge >= 0.3 is 0 Å². The summed E-state index contributed by atoms with van der Waals surface area (Å²) in [6, 6.07) is 20.3. The molecule has 1 aliphatic carbocycles. The number of nitrogens with zero attached hydrogens (tertiary/aromatic N) is 2. The van der Waals surface area contributed by atoms with Crippen LogP contribution in [0.5, 0.6) is 23.0 Å². The van der Waals surface area contributed by atoms with Crippen molar-refractivity contribution in [2.75, 3.05) is 21.3 Å².